The Labute approximate surface area is 143 Å². The number of carbonyl (C=O) groups is 2. The van der Waals surface area contributed by atoms with Crippen molar-refractivity contribution in [3.05, 3.63) is 64.4 Å². The largest absolute Gasteiger partial charge is 0.352 e. The molecule has 0 unspecified atom stereocenters. The Morgan fingerprint density at radius 2 is 2.12 bits per heavy atom. The first-order valence-electron chi connectivity index (χ1n) is 7.31. The van der Waals surface area contributed by atoms with Gasteiger partial charge in [-0.05, 0) is 18.2 Å². The molecule has 3 rings (SSSR count). The molecule has 2 aromatic rings. The van der Waals surface area contributed by atoms with Crippen LogP contribution in [0.3, 0.4) is 0 Å². The topological polar surface area (TPSA) is 86.1 Å². The van der Waals surface area contributed by atoms with Gasteiger partial charge in [-0.3, -0.25) is 9.59 Å². The van der Waals surface area contributed by atoms with E-state index in [2.05, 4.69) is 10.3 Å². The summed E-state index contributed by atoms with van der Waals surface area (Å²) in [4.78, 5) is 30.6. The molecule has 120 valence electrons. The highest BCUT2D eigenvalue weighted by molar-refractivity contribution is 6.31. The molecule has 1 aromatic heterocycles. The maximum Gasteiger partial charge on any atom is 0.273 e. The third-order valence-electron chi connectivity index (χ3n) is 3.78. The zero-order valence-electron chi connectivity index (χ0n) is 12.6. The molecule has 1 saturated heterocycles. The molecule has 0 radical (unpaired) electrons. The Hall–Kier alpha value is -2.91. The molecule has 1 aromatic carbocycles. The summed E-state index contributed by atoms with van der Waals surface area (Å²) in [5.74, 6) is -0.657. The molecule has 24 heavy (non-hydrogen) atoms. The molecular weight excluding hydrogens is 328 g/mol. The SMILES string of the molecule is N#Cc1ccc(C(=O)N2CCNC(=O)[C@H]2c2ccccc2Cl)nc1. The smallest absolute Gasteiger partial charge is 0.273 e. The van der Waals surface area contributed by atoms with Crippen LogP contribution >= 0.6 is 11.6 Å². The van der Waals surface area contributed by atoms with Crippen molar-refractivity contribution >= 4 is 23.4 Å². The fourth-order valence-corrected chi connectivity index (χ4v) is 2.86. The van der Waals surface area contributed by atoms with Gasteiger partial charge in [0.15, 0.2) is 0 Å². The fraction of sp³-hybridized carbons (Fsp3) is 0.176. The molecular formula is C17H13ClN4O2. The first-order valence-corrected chi connectivity index (χ1v) is 7.69. The number of nitrogens with zero attached hydrogens (tertiary/aromatic N) is 3. The third-order valence-corrected chi connectivity index (χ3v) is 4.13. The molecule has 6 nitrogen and oxygen atoms in total. The molecule has 0 spiro atoms. The van der Waals surface area contributed by atoms with Crippen LogP contribution in [0.15, 0.2) is 42.6 Å². The van der Waals surface area contributed by atoms with E-state index in [4.69, 9.17) is 16.9 Å². The number of hydrogen-bond acceptors (Lipinski definition) is 4. The number of nitrogens with one attached hydrogen (secondary N) is 1. The summed E-state index contributed by atoms with van der Waals surface area (Å²) in [7, 11) is 0. The number of piperazine rings is 1. The molecule has 1 N–H and O–H groups in total. The van der Waals surface area contributed by atoms with E-state index < -0.39 is 6.04 Å². The first kappa shape index (κ1) is 16.0. The number of rotatable bonds is 2. The summed E-state index contributed by atoms with van der Waals surface area (Å²) in [6.07, 6.45) is 1.34. The van der Waals surface area contributed by atoms with Gasteiger partial charge in [-0.2, -0.15) is 5.26 Å². The van der Waals surface area contributed by atoms with E-state index >= 15 is 0 Å². The molecule has 2 amide bonds. The van der Waals surface area contributed by atoms with Crippen molar-refractivity contribution in [2.24, 2.45) is 0 Å². The van der Waals surface area contributed by atoms with Crippen molar-refractivity contribution in [3.8, 4) is 6.07 Å². The Balaban J connectivity index is 1.97. The minimum Gasteiger partial charge on any atom is -0.352 e. The van der Waals surface area contributed by atoms with Gasteiger partial charge >= 0.3 is 0 Å². The van der Waals surface area contributed by atoms with E-state index in [0.717, 1.165) is 0 Å². The van der Waals surface area contributed by atoms with Crippen LogP contribution in [0.1, 0.15) is 27.7 Å². The number of nitriles is 1. The Morgan fingerprint density at radius 1 is 1.33 bits per heavy atom. The molecule has 0 bridgehead atoms. The second-order valence-corrected chi connectivity index (χ2v) is 5.66. The second-order valence-electron chi connectivity index (χ2n) is 5.26. The van der Waals surface area contributed by atoms with E-state index in [-0.39, 0.29) is 17.5 Å². The van der Waals surface area contributed by atoms with Crippen molar-refractivity contribution in [1.29, 1.82) is 5.26 Å². The van der Waals surface area contributed by atoms with Gasteiger partial charge in [0, 0.05) is 29.9 Å². The highest BCUT2D eigenvalue weighted by Gasteiger charge is 2.36. The van der Waals surface area contributed by atoms with Crippen LogP contribution in [0.4, 0.5) is 0 Å². The molecule has 0 aliphatic carbocycles. The molecule has 7 heteroatoms. The predicted molar refractivity (Wildman–Crippen MR) is 87.2 cm³/mol. The van der Waals surface area contributed by atoms with Gasteiger partial charge in [-0.15, -0.1) is 0 Å². The summed E-state index contributed by atoms with van der Waals surface area (Å²) in [6.45, 7) is 0.712. The van der Waals surface area contributed by atoms with Crippen LogP contribution in [0.5, 0.6) is 0 Å². The van der Waals surface area contributed by atoms with Gasteiger partial charge in [0.1, 0.15) is 17.8 Å². The zero-order chi connectivity index (χ0) is 17.1. The van der Waals surface area contributed by atoms with Crippen LogP contribution < -0.4 is 5.32 Å². The van der Waals surface area contributed by atoms with Crippen LogP contribution in [0.25, 0.3) is 0 Å². The van der Waals surface area contributed by atoms with Gasteiger partial charge in [0.2, 0.25) is 5.91 Å². The lowest BCUT2D eigenvalue weighted by Crippen LogP contribution is -2.52. The summed E-state index contributed by atoms with van der Waals surface area (Å²) in [6, 6.07) is 11.1. The molecule has 1 atom stereocenters. The Kier molecular flexibility index (Phi) is 4.45. The van der Waals surface area contributed by atoms with Crippen molar-refractivity contribution in [3.63, 3.8) is 0 Å². The van der Waals surface area contributed by atoms with Crippen LogP contribution in [-0.2, 0) is 4.79 Å². The molecule has 0 saturated carbocycles. The standard InChI is InChI=1S/C17H13ClN4O2/c18-13-4-2-1-3-12(13)15-16(23)20-7-8-22(15)17(24)14-6-5-11(9-19)10-21-14/h1-6,10,15H,7-8H2,(H,20,23)/t15-/m1/s1. The summed E-state index contributed by atoms with van der Waals surface area (Å²) < 4.78 is 0. The van der Waals surface area contributed by atoms with E-state index in [9.17, 15) is 9.59 Å². The molecule has 1 aliphatic heterocycles. The van der Waals surface area contributed by atoms with Gasteiger partial charge in [0.05, 0.1) is 5.56 Å². The van der Waals surface area contributed by atoms with Crippen LogP contribution in [-0.4, -0.2) is 34.8 Å². The number of hydrogen-bond donors (Lipinski definition) is 1. The maximum atomic E-state index is 12.8. The van der Waals surface area contributed by atoms with E-state index in [1.54, 1.807) is 24.3 Å². The quantitative estimate of drug-likeness (QED) is 0.905. The molecule has 2 heterocycles. The van der Waals surface area contributed by atoms with Crippen LogP contribution in [0, 0.1) is 11.3 Å². The lowest BCUT2D eigenvalue weighted by atomic mass is 10.0. The number of aromatic nitrogens is 1. The lowest BCUT2D eigenvalue weighted by molar-refractivity contribution is -0.128. The Bertz CT molecular complexity index is 829. The minimum absolute atomic E-state index is 0.181. The van der Waals surface area contributed by atoms with E-state index in [1.165, 1.54) is 23.2 Å². The van der Waals surface area contributed by atoms with Gasteiger partial charge in [0.25, 0.3) is 5.91 Å². The van der Waals surface area contributed by atoms with Crippen molar-refractivity contribution in [2.45, 2.75) is 6.04 Å². The molecule has 1 aliphatic rings. The number of amides is 2. The third kappa shape index (κ3) is 2.94. The number of carbonyl (C=O) groups excluding carboxylic acids is 2. The lowest BCUT2D eigenvalue weighted by Gasteiger charge is -2.35. The highest BCUT2D eigenvalue weighted by Crippen LogP contribution is 2.30. The Morgan fingerprint density at radius 3 is 2.79 bits per heavy atom. The van der Waals surface area contributed by atoms with Crippen molar-refractivity contribution in [2.75, 3.05) is 13.1 Å². The fourth-order valence-electron chi connectivity index (χ4n) is 2.63. The summed E-state index contributed by atoms with van der Waals surface area (Å²) in [5.41, 5.74) is 1.12. The van der Waals surface area contributed by atoms with Gasteiger partial charge in [-0.1, -0.05) is 29.8 Å². The minimum atomic E-state index is -0.808. The van der Waals surface area contributed by atoms with Crippen molar-refractivity contribution in [1.82, 2.24) is 15.2 Å². The second kappa shape index (κ2) is 6.69. The summed E-state index contributed by atoms with van der Waals surface area (Å²) in [5, 5.41) is 12.0. The average Bonchev–Trinajstić information content (AvgIpc) is 2.62. The average molecular weight is 341 g/mol. The normalized spacial score (nSPS) is 17.1. The highest BCUT2D eigenvalue weighted by atomic mass is 35.5. The summed E-state index contributed by atoms with van der Waals surface area (Å²) >= 11 is 6.21. The number of pyridine rings is 1. The number of halogens is 1. The van der Waals surface area contributed by atoms with Crippen LogP contribution in [0.2, 0.25) is 5.02 Å². The van der Waals surface area contributed by atoms with Gasteiger partial charge < -0.3 is 10.2 Å². The molecule has 1 fully saturated rings. The number of benzene rings is 1. The van der Waals surface area contributed by atoms with Crippen molar-refractivity contribution < 1.29 is 9.59 Å². The van der Waals surface area contributed by atoms with E-state index in [0.29, 0.717) is 29.2 Å². The van der Waals surface area contributed by atoms with Gasteiger partial charge in [-0.25, -0.2) is 4.98 Å². The van der Waals surface area contributed by atoms with E-state index in [1.807, 2.05) is 6.07 Å². The zero-order valence-corrected chi connectivity index (χ0v) is 13.3. The predicted octanol–water partition coefficient (Wildman–Crippen LogP) is 1.92. The maximum absolute atomic E-state index is 12.8. The first-order chi connectivity index (χ1) is 11.6. The monoisotopic (exact) mass is 340 g/mol.